The Balaban J connectivity index is 2.34. The van der Waals surface area contributed by atoms with E-state index in [9.17, 15) is 0 Å². The highest BCUT2D eigenvalue weighted by molar-refractivity contribution is 9.09. The van der Waals surface area contributed by atoms with E-state index in [0.717, 1.165) is 29.0 Å². The van der Waals surface area contributed by atoms with Gasteiger partial charge in [-0.05, 0) is 36.6 Å². The van der Waals surface area contributed by atoms with E-state index >= 15 is 0 Å². The molecule has 15 heavy (non-hydrogen) atoms. The molecule has 1 fully saturated rings. The largest absolute Gasteiger partial charge is 0.303 e. The van der Waals surface area contributed by atoms with E-state index in [2.05, 4.69) is 48.5 Å². The van der Waals surface area contributed by atoms with Crippen molar-refractivity contribution in [3.63, 3.8) is 0 Å². The fourth-order valence-electron chi connectivity index (χ4n) is 2.34. The van der Waals surface area contributed by atoms with E-state index in [0.29, 0.717) is 0 Å². The number of halogens is 1. The lowest BCUT2D eigenvalue weighted by atomic mass is 9.95. The standard InChI is InChI=1S/C13H26BrN/c1-10(2)12-5-6-15(8-12)9-13(7-14)11(3)4/h10-13H,5-9H2,1-4H3. The van der Waals surface area contributed by atoms with Crippen molar-refractivity contribution >= 4 is 15.9 Å². The summed E-state index contributed by atoms with van der Waals surface area (Å²) in [6, 6.07) is 0. The van der Waals surface area contributed by atoms with Gasteiger partial charge in [-0.25, -0.2) is 0 Å². The Morgan fingerprint density at radius 3 is 2.33 bits per heavy atom. The van der Waals surface area contributed by atoms with E-state index in [1.54, 1.807) is 0 Å². The fraction of sp³-hybridized carbons (Fsp3) is 1.00. The molecule has 0 N–H and O–H groups in total. The highest BCUT2D eigenvalue weighted by atomic mass is 79.9. The first-order valence-corrected chi connectivity index (χ1v) is 7.45. The highest BCUT2D eigenvalue weighted by Gasteiger charge is 2.26. The molecule has 0 aliphatic carbocycles. The number of hydrogen-bond donors (Lipinski definition) is 0. The van der Waals surface area contributed by atoms with E-state index in [-0.39, 0.29) is 0 Å². The Labute approximate surface area is 104 Å². The monoisotopic (exact) mass is 275 g/mol. The average Bonchev–Trinajstić information content (AvgIpc) is 2.61. The zero-order valence-corrected chi connectivity index (χ0v) is 12.3. The number of alkyl halides is 1. The van der Waals surface area contributed by atoms with Crippen LogP contribution in [-0.2, 0) is 0 Å². The molecule has 0 saturated carbocycles. The lowest BCUT2D eigenvalue weighted by Crippen LogP contribution is -2.31. The van der Waals surface area contributed by atoms with Crippen LogP contribution in [0.2, 0.25) is 0 Å². The Morgan fingerprint density at radius 2 is 1.93 bits per heavy atom. The molecule has 0 bridgehead atoms. The zero-order valence-electron chi connectivity index (χ0n) is 10.7. The van der Waals surface area contributed by atoms with Gasteiger partial charge in [0.05, 0.1) is 0 Å². The second-order valence-electron chi connectivity index (χ2n) is 5.71. The molecule has 1 rings (SSSR count). The van der Waals surface area contributed by atoms with Crippen molar-refractivity contribution in [3.05, 3.63) is 0 Å². The van der Waals surface area contributed by atoms with Gasteiger partial charge in [0, 0.05) is 18.4 Å². The molecule has 1 nitrogen and oxygen atoms in total. The minimum absolute atomic E-state index is 0.794. The second kappa shape index (κ2) is 6.24. The summed E-state index contributed by atoms with van der Waals surface area (Å²) in [7, 11) is 0. The zero-order chi connectivity index (χ0) is 11.4. The molecule has 1 saturated heterocycles. The lowest BCUT2D eigenvalue weighted by Gasteiger charge is -2.25. The molecule has 1 heterocycles. The molecule has 2 unspecified atom stereocenters. The average molecular weight is 276 g/mol. The molecule has 0 amide bonds. The Kier molecular flexibility index (Phi) is 5.62. The van der Waals surface area contributed by atoms with E-state index in [1.807, 2.05) is 0 Å². The van der Waals surface area contributed by atoms with Gasteiger partial charge in [-0.1, -0.05) is 43.6 Å². The summed E-state index contributed by atoms with van der Waals surface area (Å²) in [6.07, 6.45) is 1.41. The third-order valence-electron chi connectivity index (χ3n) is 3.89. The Bertz CT molecular complexity index is 179. The third kappa shape index (κ3) is 4.07. The topological polar surface area (TPSA) is 3.24 Å². The SMILES string of the molecule is CC(C)C(CBr)CN1CCC(C(C)C)C1. The molecular formula is C13H26BrN. The minimum atomic E-state index is 0.794. The quantitative estimate of drug-likeness (QED) is 0.693. The van der Waals surface area contributed by atoms with Crippen LogP contribution >= 0.6 is 15.9 Å². The summed E-state index contributed by atoms with van der Waals surface area (Å²) in [6.45, 7) is 13.3. The molecule has 0 aromatic heterocycles. The predicted octanol–water partition coefficient (Wildman–Crippen LogP) is 3.63. The summed E-state index contributed by atoms with van der Waals surface area (Å²) in [5.41, 5.74) is 0. The van der Waals surface area contributed by atoms with Gasteiger partial charge >= 0.3 is 0 Å². The predicted molar refractivity (Wildman–Crippen MR) is 71.5 cm³/mol. The lowest BCUT2D eigenvalue weighted by molar-refractivity contribution is 0.239. The van der Waals surface area contributed by atoms with Gasteiger partial charge < -0.3 is 4.90 Å². The Morgan fingerprint density at radius 1 is 1.27 bits per heavy atom. The van der Waals surface area contributed by atoms with Crippen LogP contribution in [0.4, 0.5) is 0 Å². The molecule has 1 aliphatic heterocycles. The van der Waals surface area contributed by atoms with E-state index in [1.165, 1.54) is 26.1 Å². The first kappa shape index (κ1) is 13.5. The molecule has 1 aliphatic rings. The van der Waals surface area contributed by atoms with Crippen LogP contribution in [-0.4, -0.2) is 29.9 Å². The van der Waals surface area contributed by atoms with Crippen molar-refractivity contribution in [2.45, 2.75) is 34.1 Å². The van der Waals surface area contributed by atoms with Crippen molar-refractivity contribution in [3.8, 4) is 0 Å². The summed E-state index contributed by atoms with van der Waals surface area (Å²) in [5.74, 6) is 3.41. The van der Waals surface area contributed by atoms with Crippen LogP contribution in [0.1, 0.15) is 34.1 Å². The smallest absolute Gasteiger partial charge is 0.00743 e. The number of likely N-dealkylation sites (tertiary alicyclic amines) is 1. The molecule has 2 atom stereocenters. The maximum atomic E-state index is 3.64. The molecule has 0 spiro atoms. The van der Waals surface area contributed by atoms with Crippen molar-refractivity contribution in [1.29, 1.82) is 0 Å². The van der Waals surface area contributed by atoms with Crippen LogP contribution in [0.5, 0.6) is 0 Å². The van der Waals surface area contributed by atoms with Crippen LogP contribution in [0.15, 0.2) is 0 Å². The van der Waals surface area contributed by atoms with E-state index < -0.39 is 0 Å². The normalized spacial score (nSPS) is 25.4. The van der Waals surface area contributed by atoms with Crippen molar-refractivity contribution in [2.75, 3.05) is 25.0 Å². The number of nitrogens with zero attached hydrogens (tertiary/aromatic N) is 1. The first-order chi connectivity index (χ1) is 7.04. The van der Waals surface area contributed by atoms with Crippen molar-refractivity contribution in [2.24, 2.45) is 23.7 Å². The Hall–Kier alpha value is 0.440. The highest BCUT2D eigenvalue weighted by Crippen LogP contribution is 2.25. The van der Waals surface area contributed by atoms with Gasteiger partial charge in [0.25, 0.3) is 0 Å². The molecular weight excluding hydrogens is 250 g/mol. The molecule has 90 valence electrons. The van der Waals surface area contributed by atoms with Gasteiger partial charge in [0.2, 0.25) is 0 Å². The number of hydrogen-bond acceptors (Lipinski definition) is 1. The summed E-state index contributed by atoms with van der Waals surface area (Å²) < 4.78 is 0. The van der Waals surface area contributed by atoms with Gasteiger partial charge in [-0.15, -0.1) is 0 Å². The van der Waals surface area contributed by atoms with E-state index in [4.69, 9.17) is 0 Å². The fourth-order valence-corrected chi connectivity index (χ4v) is 3.29. The maximum Gasteiger partial charge on any atom is 0.00743 e. The van der Waals surface area contributed by atoms with Crippen LogP contribution in [0.3, 0.4) is 0 Å². The molecule has 0 aromatic carbocycles. The maximum absolute atomic E-state index is 3.64. The first-order valence-electron chi connectivity index (χ1n) is 6.33. The number of rotatable bonds is 5. The summed E-state index contributed by atoms with van der Waals surface area (Å²) >= 11 is 3.64. The minimum Gasteiger partial charge on any atom is -0.303 e. The van der Waals surface area contributed by atoms with Crippen molar-refractivity contribution in [1.82, 2.24) is 4.90 Å². The van der Waals surface area contributed by atoms with Gasteiger partial charge in [0.1, 0.15) is 0 Å². The van der Waals surface area contributed by atoms with Gasteiger partial charge in [0.15, 0.2) is 0 Å². The van der Waals surface area contributed by atoms with Gasteiger partial charge in [-0.3, -0.25) is 0 Å². The van der Waals surface area contributed by atoms with Crippen LogP contribution in [0, 0.1) is 23.7 Å². The summed E-state index contributed by atoms with van der Waals surface area (Å²) in [5, 5.41) is 1.15. The van der Waals surface area contributed by atoms with Gasteiger partial charge in [-0.2, -0.15) is 0 Å². The summed E-state index contributed by atoms with van der Waals surface area (Å²) in [4.78, 5) is 2.66. The second-order valence-corrected chi connectivity index (χ2v) is 6.36. The molecule has 2 heteroatoms. The third-order valence-corrected chi connectivity index (χ3v) is 4.72. The molecule has 0 aromatic rings. The van der Waals surface area contributed by atoms with Crippen LogP contribution in [0.25, 0.3) is 0 Å². The van der Waals surface area contributed by atoms with Crippen LogP contribution < -0.4 is 0 Å². The molecule has 0 radical (unpaired) electrons. The van der Waals surface area contributed by atoms with Crippen molar-refractivity contribution < 1.29 is 0 Å².